The van der Waals surface area contributed by atoms with Gasteiger partial charge in [-0.15, -0.1) is 5.10 Å². The Labute approximate surface area is 122 Å². The number of aromatic nitrogens is 4. The van der Waals surface area contributed by atoms with Crippen LogP contribution in [0.4, 0.5) is 11.8 Å². The summed E-state index contributed by atoms with van der Waals surface area (Å²) in [5, 5.41) is 4.14. The molecule has 0 bridgehead atoms. The van der Waals surface area contributed by atoms with Crippen LogP contribution in [0.1, 0.15) is 19.4 Å². The Bertz CT molecular complexity index is 842. The lowest BCUT2D eigenvalue weighted by atomic mass is 10.1. The highest BCUT2D eigenvalue weighted by atomic mass is 15.3. The molecule has 0 atom stereocenters. The highest BCUT2D eigenvalue weighted by molar-refractivity contribution is 5.83. The van der Waals surface area contributed by atoms with Crippen LogP contribution in [0.3, 0.4) is 0 Å². The fraction of sp³-hybridized carbons (Fsp3) is 0.200. The molecule has 6 heteroatoms. The van der Waals surface area contributed by atoms with Gasteiger partial charge in [-0.3, -0.25) is 0 Å². The number of aryl methyl sites for hydroxylation is 1. The largest absolute Gasteiger partial charge is 0.367 e. The molecule has 0 saturated carbocycles. The van der Waals surface area contributed by atoms with E-state index >= 15 is 0 Å². The summed E-state index contributed by atoms with van der Waals surface area (Å²) in [5.41, 5.74) is 10.5. The van der Waals surface area contributed by atoms with Gasteiger partial charge in [0.15, 0.2) is 5.82 Å². The Morgan fingerprint density at radius 2 is 2.05 bits per heavy atom. The third-order valence-corrected chi connectivity index (χ3v) is 3.13. The molecule has 0 fully saturated rings. The summed E-state index contributed by atoms with van der Waals surface area (Å²) < 4.78 is 1.72. The summed E-state index contributed by atoms with van der Waals surface area (Å²) in [6.07, 6.45) is 5.40. The molecule has 2 N–H and O–H groups in total. The zero-order chi connectivity index (χ0) is 15.0. The van der Waals surface area contributed by atoms with Crippen molar-refractivity contribution < 1.29 is 0 Å². The van der Waals surface area contributed by atoms with Gasteiger partial charge in [-0.2, -0.15) is 0 Å². The minimum atomic E-state index is 0.252. The van der Waals surface area contributed by atoms with Crippen LogP contribution in [0.2, 0.25) is 0 Å². The highest BCUT2D eigenvalue weighted by Gasteiger charge is 2.09. The van der Waals surface area contributed by atoms with Crippen LogP contribution in [0.5, 0.6) is 0 Å². The van der Waals surface area contributed by atoms with Gasteiger partial charge in [-0.25, -0.2) is 19.5 Å². The van der Waals surface area contributed by atoms with Gasteiger partial charge in [-0.05, 0) is 38.5 Å². The Balaban J connectivity index is 2.11. The van der Waals surface area contributed by atoms with Crippen LogP contribution < -0.4 is 5.73 Å². The molecule has 0 aliphatic heterocycles. The molecule has 0 saturated heterocycles. The summed E-state index contributed by atoms with van der Waals surface area (Å²) in [4.78, 5) is 12.9. The topological polar surface area (TPSA) is 81.5 Å². The fourth-order valence-electron chi connectivity index (χ4n) is 2.20. The molecular weight excluding hydrogens is 264 g/mol. The van der Waals surface area contributed by atoms with Gasteiger partial charge in [0.2, 0.25) is 5.95 Å². The maximum atomic E-state index is 5.59. The lowest BCUT2D eigenvalue weighted by Crippen LogP contribution is -1.99. The zero-order valence-corrected chi connectivity index (χ0v) is 12.2. The first-order valence-corrected chi connectivity index (χ1v) is 6.63. The van der Waals surface area contributed by atoms with Crippen molar-refractivity contribution in [3.8, 4) is 11.1 Å². The molecule has 106 valence electrons. The molecule has 21 heavy (non-hydrogen) atoms. The van der Waals surface area contributed by atoms with Gasteiger partial charge in [-0.1, -0.05) is 0 Å². The molecular formula is C15H16N6. The van der Waals surface area contributed by atoms with Crippen LogP contribution in [0.25, 0.3) is 16.6 Å². The number of nitrogens with zero attached hydrogens (tertiary/aromatic N) is 5. The first-order chi connectivity index (χ1) is 10.0. The average Bonchev–Trinajstić information content (AvgIpc) is 2.83. The third-order valence-electron chi connectivity index (χ3n) is 3.13. The molecule has 3 aromatic heterocycles. The number of hydrogen-bond donors (Lipinski definition) is 1. The summed E-state index contributed by atoms with van der Waals surface area (Å²) in [6, 6.07) is 4.05. The van der Waals surface area contributed by atoms with E-state index in [9.17, 15) is 0 Å². The summed E-state index contributed by atoms with van der Waals surface area (Å²) in [7, 11) is 0. The van der Waals surface area contributed by atoms with Gasteiger partial charge in [0, 0.05) is 29.2 Å². The van der Waals surface area contributed by atoms with E-state index in [0.717, 1.165) is 33.7 Å². The van der Waals surface area contributed by atoms with Gasteiger partial charge in [0.25, 0.3) is 0 Å². The van der Waals surface area contributed by atoms with E-state index in [1.165, 1.54) is 0 Å². The first-order valence-electron chi connectivity index (χ1n) is 6.63. The number of nitrogens with two attached hydrogens (primary N) is 1. The summed E-state index contributed by atoms with van der Waals surface area (Å²) in [5.74, 6) is 1.00. The van der Waals surface area contributed by atoms with Crippen molar-refractivity contribution in [2.75, 3.05) is 5.73 Å². The maximum Gasteiger partial charge on any atom is 0.238 e. The van der Waals surface area contributed by atoms with Crippen LogP contribution in [0.15, 0.2) is 35.7 Å². The van der Waals surface area contributed by atoms with Crippen molar-refractivity contribution in [3.05, 3.63) is 36.3 Å². The Hall–Kier alpha value is -2.76. The molecule has 3 rings (SSSR count). The van der Waals surface area contributed by atoms with Gasteiger partial charge in [0.05, 0.1) is 11.7 Å². The molecule has 0 aliphatic rings. The minimum absolute atomic E-state index is 0.252. The minimum Gasteiger partial charge on any atom is -0.367 e. The summed E-state index contributed by atoms with van der Waals surface area (Å²) in [6.45, 7) is 5.92. The molecule has 0 spiro atoms. The van der Waals surface area contributed by atoms with Crippen molar-refractivity contribution in [2.45, 2.75) is 20.8 Å². The molecule has 3 heterocycles. The molecule has 6 nitrogen and oxygen atoms in total. The highest BCUT2D eigenvalue weighted by Crippen LogP contribution is 2.28. The first kappa shape index (κ1) is 13.2. The predicted octanol–water partition coefficient (Wildman–Crippen LogP) is 2.79. The van der Waals surface area contributed by atoms with Crippen molar-refractivity contribution in [2.24, 2.45) is 4.99 Å². The number of nitrogen functional groups attached to an aromatic ring is 1. The number of pyridine rings is 1. The smallest absolute Gasteiger partial charge is 0.238 e. The third kappa shape index (κ3) is 2.47. The number of hydrogen-bond acceptors (Lipinski definition) is 5. The van der Waals surface area contributed by atoms with Crippen molar-refractivity contribution in [1.29, 1.82) is 0 Å². The van der Waals surface area contributed by atoms with Gasteiger partial charge >= 0.3 is 0 Å². The van der Waals surface area contributed by atoms with Crippen LogP contribution in [-0.4, -0.2) is 25.3 Å². The Kier molecular flexibility index (Phi) is 3.13. The van der Waals surface area contributed by atoms with E-state index in [-0.39, 0.29) is 5.95 Å². The van der Waals surface area contributed by atoms with E-state index in [4.69, 9.17) is 5.73 Å². The Morgan fingerprint density at radius 1 is 1.24 bits per heavy atom. The van der Waals surface area contributed by atoms with E-state index < -0.39 is 0 Å². The lowest BCUT2D eigenvalue weighted by molar-refractivity contribution is 0.918. The molecule has 0 aliphatic carbocycles. The average molecular weight is 280 g/mol. The zero-order valence-electron chi connectivity index (χ0n) is 12.2. The standard InChI is InChI=1S/C15H16N6/c1-9(2)19-14-10(3)6-11(7-17-14)12-4-5-21-13(12)8-18-15(16)20-21/h4-8H,1-3H3,(H2,16,20). The lowest BCUT2D eigenvalue weighted by Gasteiger charge is -2.04. The van der Waals surface area contributed by atoms with Crippen LogP contribution in [0, 0.1) is 6.92 Å². The monoisotopic (exact) mass is 280 g/mol. The van der Waals surface area contributed by atoms with Gasteiger partial charge < -0.3 is 5.73 Å². The van der Waals surface area contributed by atoms with E-state index in [2.05, 4.69) is 26.1 Å². The van der Waals surface area contributed by atoms with Gasteiger partial charge in [0.1, 0.15) is 0 Å². The van der Waals surface area contributed by atoms with E-state index in [0.29, 0.717) is 0 Å². The Morgan fingerprint density at radius 3 is 2.76 bits per heavy atom. The number of anilines is 1. The van der Waals surface area contributed by atoms with Crippen molar-refractivity contribution in [3.63, 3.8) is 0 Å². The maximum absolute atomic E-state index is 5.59. The predicted molar refractivity (Wildman–Crippen MR) is 83.8 cm³/mol. The van der Waals surface area contributed by atoms with E-state index in [1.54, 1.807) is 10.7 Å². The normalized spacial score (nSPS) is 10.8. The number of aliphatic imine (C=N–C) groups is 1. The fourth-order valence-corrected chi connectivity index (χ4v) is 2.20. The van der Waals surface area contributed by atoms with Crippen LogP contribution >= 0.6 is 0 Å². The van der Waals surface area contributed by atoms with Crippen LogP contribution in [-0.2, 0) is 0 Å². The van der Waals surface area contributed by atoms with Crippen molar-refractivity contribution in [1.82, 2.24) is 19.6 Å². The number of fused-ring (bicyclic) bond motifs is 1. The second kappa shape index (κ2) is 4.97. The molecule has 0 aromatic carbocycles. The molecule has 0 unspecified atom stereocenters. The molecule has 0 amide bonds. The number of rotatable bonds is 2. The quantitative estimate of drug-likeness (QED) is 0.732. The second-order valence-corrected chi connectivity index (χ2v) is 5.10. The molecule has 0 radical (unpaired) electrons. The second-order valence-electron chi connectivity index (χ2n) is 5.10. The van der Waals surface area contributed by atoms with Crippen molar-refractivity contribution >= 4 is 23.0 Å². The van der Waals surface area contributed by atoms with E-state index in [1.807, 2.05) is 39.2 Å². The SMILES string of the molecule is CC(C)=Nc1ncc(-c2ccn3nc(N)ncc23)cc1C. The molecule has 3 aromatic rings. The summed E-state index contributed by atoms with van der Waals surface area (Å²) >= 11 is 0.